The molecule has 2 rings (SSSR count). The number of carboxylic acid groups (broad SMARTS) is 1. The molecule has 3 nitrogen and oxygen atoms in total. The van der Waals surface area contributed by atoms with Crippen LogP contribution in [0.15, 0.2) is 48.5 Å². The van der Waals surface area contributed by atoms with Crippen molar-refractivity contribution in [2.24, 2.45) is 0 Å². The Kier molecular flexibility index (Phi) is 3.63. The number of carbonyl (C=O) groups is 1. The van der Waals surface area contributed by atoms with Crippen molar-refractivity contribution in [3.8, 4) is 11.1 Å². The maximum atomic E-state index is 10.6. The molecule has 1 amide bonds. The number of nitrogens with one attached hydrogen (secondary N) is 1. The summed E-state index contributed by atoms with van der Waals surface area (Å²) in [7, 11) is 0. The van der Waals surface area contributed by atoms with Gasteiger partial charge in [0.15, 0.2) is 0 Å². The molecule has 0 radical (unpaired) electrons. The minimum absolute atomic E-state index is 0.589. The second-order valence-corrected chi connectivity index (χ2v) is 4.02. The van der Waals surface area contributed by atoms with Crippen LogP contribution >= 0.6 is 0 Å². The van der Waals surface area contributed by atoms with E-state index in [1.165, 1.54) is 5.56 Å². The number of rotatable bonds is 3. The van der Waals surface area contributed by atoms with Gasteiger partial charge in [0.05, 0.1) is 0 Å². The Bertz CT molecular complexity index is 564. The molecule has 2 aromatic rings. The van der Waals surface area contributed by atoms with Gasteiger partial charge in [-0.1, -0.05) is 43.3 Å². The lowest BCUT2D eigenvalue weighted by atomic mass is 9.98. The zero-order valence-corrected chi connectivity index (χ0v) is 10.2. The molecule has 0 fully saturated rings. The van der Waals surface area contributed by atoms with Gasteiger partial charge in [0.25, 0.3) is 0 Å². The summed E-state index contributed by atoms with van der Waals surface area (Å²) in [5.74, 6) is 0. The zero-order valence-electron chi connectivity index (χ0n) is 10.2. The summed E-state index contributed by atoms with van der Waals surface area (Å²) in [6, 6.07) is 15.6. The average Bonchev–Trinajstić information content (AvgIpc) is 2.38. The summed E-state index contributed by atoms with van der Waals surface area (Å²) in [6.07, 6.45) is -0.0943. The molecule has 0 spiro atoms. The number of hydrogen-bond donors (Lipinski definition) is 2. The van der Waals surface area contributed by atoms with Crippen LogP contribution in [0.25, 0.3) is 11.1 Å². The van der Waals surface area contributed by atoms with Gasteiger partial charge in [0, 0.05) is 5.69 Å². The van der Waals surface area contributed by atoms with Gasteiger partial charge in [0.2, 0.25) is 0 Å². The van der Waals surface area contributed by atoms with Crippen LogP contribution in [0.1, 0.15) is 12.5 Å². The fourth-order valence-electron chi connectivity index (χ4n) is 2.00. The first kappa shape index (κ1) is 12.2. The summed E-state index contributed by atoms with van der Waals surface area (Å²) >= 11 is 0. The topological polar surface area (TPSA) is 49.3 Å². The fourth-order valence-corrected chi connectivity index (χ4v) is 2.00. The first-order valence-electron chi connectivity index (χ1n) is 5.89. The average molecular weight is 241 g/mol. The van der Waals surface area contributed by atoms with Gasteiger partial charge in [-0.05, 0) is 35.2 Å². The van der Waals surface area contributed by atoms with Crippen molar-refractivity contribution < 1.29 is 9.90 Å². The molecule has 0 unspecified atom stereocenters. The number of benzene rings is 2. The van der Waals surface area contributed by atoms with Gasteiger partial charge in [-0.15, -0.1) is 0 Å². The van der Waals surface area contributed by atoms with Crippen molar-refractivity contribution in [3.05, 3.63) is 54.1 Å². The van der Waals surface area contributed by atoms with Gasteiger partial charge in [-0.25, -0.2) is 4.79 Å². The molecule has 0 atom stereocenters. The fraction of sp³-hybridized carbons (Fsp3) is 0.133. The largest absolute Gasteiger partial charge is 0.465 e. The van der Waals surface area contributed by atoms with Crippen LogP contribution in [-0.2, 0) is 6.42 Å². The van der Waals surface area contributed by atoms with E-state index in [0.29, 0.717) is 5.69 Å². The maximum absolute atomic E-state index is 10.6. The summed E-state index contributed by atoms with van der Waals surface area (Å²) in [4.78, 5) is 10.6. The molecular formula is C15H15NO2. The van der Waals surface area contributed by atoms with Crippen LogP contribution < -0.4 is 5.32 Å². The highest BCUT2D eigenvalue weighted by molar-refractivity contribution is 5.84. The number of anilines is 1. The van der Waals surface area contributed by atoms with Crippen molar-refractivity contribution in [3.63, 3.8) is 0 Å². The molecular weight excluding hydrogens is 226 g/mol. The van der Waals surface area contributed by atoms with E-state index < -0.39 is 6.09 Å². The summed E-state index contributed by atoms with van der Waals surface area (Å²) < 4.78 is 0. The van der Waals surface area contributed by atoms with E-state index in [4.69, 9.17) is 5.11 Å². The van der Waals surface area contributed by atoms with Gasteiger partial charge >= 0.3 is 6.09 Å². The van der Waals surface area contributed by atoms with Crippen LogP contribution in [0.2, 0.25) is 0 Å². The molecule has 0 bridgehead atoms. The van der Waals surface area contributed by atoms with Gasteiger partial charge in [-0.3, -0.25) is 5.32 Å². The SMILES string of the molecule is CCc1ccccc1-c1cccc(NC(=O)O)c1. The van der Waals surface area contributed by atoms with Crippen LogP contribution in [0, 0.1) is 0 Å². The number of amides is 1. The molecule has 0 aromatic heterocycles. The molecule has 0 heterocycles. The monoisotopic (exact) mass is 241 g/mol. The minimum atomic E-state index is -1.05. The van der Waals surface area contributed by atoms with Gasteiger partial charge in [0.1, 0.15) is 0 Å². The number of hydrogen-bond acceptors (Lipinski definition) is 1. The predicted molar refractivity (Wildman–Crippen MR) is 72.9 cm³/mol. The molecule has 18 heavy (non-hydrogen) atoms. The molecule has 0 aliphatic rings. The van der Waals surface area contributed by atoms with Crippen LogP contribution in [0.3, 0.4) is 0 Å². The van der Waals surface area contributed by atoms with E-state index in [1.54, 1.807) is 6.07 Å². The maximum Gasteiger partial charge on any atom is 0.409 e. The molecule has 0 saturated heterocycles. The standard InChI is InChI=1S/C15H15NO2/c1-2-11-6-3-4-9-14(11)12-7-5-8-13(10-12)16-15(17)18/h3-10,16H,2H2,1H3,(H,17,18). The van der Waals surface area contributed by atoms with Crippen molar-refractivity contribution >= 4 is 11.8 Å². The molecule has 0 aliphatic heterocycles. The lowest BCUT2D eigenvalue weighted by Crippen LogP contribution is -2.06. The Balaban J connectivity index is 2.41. The van der Waals surface area contributed by atoms with Crippen LogP contribution in [0.5, 0.6) is 0 Å². The minimum Gasteiger partial charge on any atom is -0.465 e. The lowest BCUT2D eigenvalue weighted by Gasteiger charge is -2.09. The lowest BCUT2D eigenvalue weighted by molar-refractivity contribution is 0.210. The second kappa shape index (κ2) is 5.36. The molecule has 2 aromatic carbocycles. The Labute approximate surface area is 106 Å². The third-order valence-corrected chi connectivity index (χ3v) is 2.82. The highest BCUT2D eigenvalue weighted by Gasteiger charge is 2.04. The van der Waals surface area contributed by atoms with Crippen molar-refractivity contribution in [1.29, 1.82) is 0 Å². The molecule has 92 valence electrons. The normalized spacial score (nSPS) is 10.1. The zero-order chi connectivity index (χ0) is 13.0. The van der Waals surface area contributed by atoms with E-state index >= 15 is 0 Å². The van der Waals surface area contributed by atoms with E-state index in [1.807, 2.05) is 30.3 Å². The van der Waals surface area contributed by atoms with Gasteiger partial charge in [-0.2, -0.15) is 0 Å². The number of aryl methyl sites for hydroxylation is 1. The van der Waals surface area contributed by atoms with Crippen LogP contribution in [-0.4, -0.2) is 11.2 Å². The molecule has 3 heteroatoms. The second-order valence-electron chi connectivity index (χ2n) is 4.02. The van der Waals surface area contributed by atoms with Crippen molar-refractivity contribution in [2.45, 2.75) is 13.3 Å². The molecule has 0 saturated carbocycles. The van der Waals surface area contributed by atoms with Crippen LogP contribution in [0.4, 0.5) is 10.5 Å². The summed E-state index contributed by atoms with van der Waals surface area (Å²) in [5, 5.41) is 11.1. The highest BCUT2D eigenvalue weighted by atomic mass is 16.4. The van der Waals surface area contributed by atoms with Gasteiger partial charge < -0.3 is 5.11 Å². The van der Waals surface area contributed by atoms with E-state index in [2.05, 4.69) is 24.4 Å². The molecule has 0 aliphatic carbocycles. The quantitative estimate of drug-likeness (QED) is 0.853. The summed E-state index contributed by atoms with van der Waals surface area (Å²) in [6.45, 7) is 2.11. The van der Waals surface area contributed by atoms with E-state index in [0.717, 1.165) is 17.5 Å². The van der Waals surface area contributed by atoms with Crippen molar-refractivity contribution in [1.82, 2.24) is 0 Å². The third kappa shape index (κ3) is 2.69. The Hall–Kier alpha value is -2.29. The predicted octanol–water partition coefficient (Wildman–Crippen LogP) is 4.01. The Morgan fingerprint density at radius 1 is 1.17 bits per heavy atom. The smallest absolute Gasteiger partial charge is 0.409 e. The summed E-state index contributed by atoms with van der Waals surface area (Å²) in [5.41, 5.74) is 4.02. The first-order valence-corrected chi connectivity index (χ1v) is 5.89. The van der Waals surface area contributed by atoms with E-state index in [9.17, 15) is 4.79 Å². The first-order chi connectivity index (χ1) is 8.70. The highest BCUT2D eigenvalue weighted by Crippen LogP contribution is 2.26. The molecule has 2 N–H and O–H groups in total. The van der Waals surface area contributed by atoms with Crippen molar-refractivity contribution in [2.75, 3.05) is 5.32 Å². The Morgan fingerprint density at radius 2 is 1.94 bits per heavy atom. The third-order valence-electron chi connectivity index (χ3n) is 2.82. The van der Waals surface area contributed by atoms with E-state index in [-0.39, 0.29) is 0 Å². The Morgan fingerprint density at radius 3 is 2.67 bits per heavy atom.